The van der Waals surface area contributed by atoms with Crippen LogP contribution in [-0.2, 0) is 12.8 Å². The number of nitrogens with one attached hydrogen (secondary N) is 1. The number of hydrogen-bond donors (Lipinski definition) is 1. The van der Waals surface area contributed by atoms with Crippen LogP contribution in [0.3, 0.4) is 0 Å². The van der Waals surface area contributed by atoms with Gasteiger partial charge in [0.25, 0.3) is 5.91 Å². The predicted octanol–water partition coefficient (Wildman–Crippen LogP) is 3.04. The summed E-state index contributed by atoms with van der Waals surface area (Å²) in [4.78, 5) is 13.0. The molecule has 2 aromatic carbocycles. The number of hydrogen-bond acceptors (Lipinski definition) is 5. The summed E-state index contributed by atoms with van der Waals surface area (Å²) in [6.07, 6.45) is 2.59. The van der Waals surface area contributed by atoms with E-state index >= 15 is 0 Å². The van der Waals surface area contributed by atoms with Crippen molar-refractivity contribution in [3.63, 3.8) is 0 Å². The molecular formula is C21H18FN7O. The second-order valence-corrected chi connectivity index (χ2v) is 7.13. The number of aryl methyl sites for hydroxylation is 1. The zero-order valence-corrected chi connectivity index (χ0v) is 16.2. The van der Waals surface area contributed by atoms with Gasteiger partial charge in [-0.3, -0.25) is 4.79 Å². The minimum atomic E-state index is -0.544. The van der Waals surface area contributed by atoms with Crippen LogP contribution in [0.4, 0.5) is 10.1 Å². The molecule has 0 atom stereocenters. The lowest BCUT2D eigenvalue weighted by Gasteiger charge is -2.09. The molecule has 0 saturated heterocycles. The number of tetrazole rings is 1. The molecule has 2 heterocycles. The molecule has 2 aromatic heterocycles. The maximum Gasteiger partial charge on any atom is 0.276 e. The van der Waals surface area contributed by atoms with Gasteiger partial charge in [-0.1, -0.05) is 18.2 Å². The van der Waals surface area contributed by atoms with E-state index in [1.807, 2.05) is 35.0 Å². The van der Waals surface area contributed by atoms with E-state index in [1.54, 1.807) is 13.0 Å². The van der Waals surface area contributed by atoms with Crippen molar-refractivity contribution in [3.05, 3.63) is 77.1 Å². The van der Waals surface area contributed by atoms with E-state index in [9.17, 15) is 9.18 Å². The maximum atomic E-state index is 14.4. The van der Waals surface area contributed by atoms with E-state index in [-0.39, 0.29) is 5.69 Å². The van der Waals surface area contributed by atoms with Crippen molar-refractivity contribution < 1.29 is 9.18 Å². The number of amides is 1. The summed E-state index contributed by atoms with van der Waals surface area (Å²) >= 11 is 0. The number of para-hydroxylation sites is 1. The van der Waals surface area contributed by atoms with E-state index in [0.717, 1.165) is 36.2 Å². The highest BCUT2D eigenvalue weighted by atomic mass is 19.1. The highest BCUT2D eigenvalue weighted by Crippen LogP contribution is 2.29. The van der Waals surface area contributed by atoms with Gasteiger partial charge in [0.05, 0.1) is 17.1 Å². The Morgan fingerprint density at radius 2 is 1.90 bits per heavy atom. The second kappa shape index (κ2) is 7.18. The molecule has 150 valence electrons. The van der Waals surface area contributed by atoms with Gasteiger partial charge in [-0.05, 0) is 66.9 Å². The number of rotatable bonds is 4. The average molecular weight is 403 g/mol. The predicted molar refractivity (Wildman–Crippen MR) is 107 cm³/mol. The molecule has 0 fully saturated rings. The van der Waals surface area contributed by atoms with Crippen LogP contribution < -0.4 is 5.32 Å². The van der Waals surface area contributed by atoms with Gasteiger partial charge in [0.2, 0.25) is 0 Å². The monoisotopic (exact) mass is 403 g/mol. The van der Waals surface area contributed by atoms with Crippen LogP contribution in [0.15, 0.2) is 48.5 Å². The number of benzene rings is 2. The lowest BCUT2D eigenvalue weighted by atomic mass is 10.2. The van der Waals surface area contributed by atoms with Crippen LogP contribution in [0.25, 0.3) is 11.4 Å². The molecule has 0 spiro atoms. The van der Waals surface area contributed by atoms with Crippen molar-refractivity contribution in [2.24, 2.45) is 0 Å². The van der Waals surface area contributed by atoms with Crippen molar-refractivity contribution in [3.8, 4) is 11.4 Å². The first-order chi connectivity index (χ1) is 14.6. The molecule has 9 heteroatoms. The van der Waals surface area contributed by atoms with Gasteiger partial charge < -0.3 is 5.32 Å². The number of nitrogens with zero attached hydrogens (tertiary/aromatic N) is 6. The Balaban J connectivity index is 1.49. The SMILES string of the molecule is Cc1nnnn1-c1ccc(F)c(NC(=O)c2nn(-c3ccccc3)c3c2CCC3)c1. The molecule has 0 saturated carbocycles. The minimum Gasteiger partial charge on any atom is -0.318 e. The minimum absolute atomic E-state index is 0.0495. The normalized spacial score (nSPS) is 12.7. The fourth-order valence-corrected chi connectivity index (χ4v) is 3.80. The fourth-order valence-electron chi connectivity index (χ4n) is 3.80. The molecule has 1 aliphatic rings. The van der Waals surface area contributed by atoms with Crippen molar-refractivity contribution >= 4 is 11.6 Å². The Bertz CT molecular complexity index is 1250. The molecule has 5 rings (SSSR count). The third kappa shape index (κ3) is 3.04. The second-order valence-electron chi connectivity index (χ2n) is 7.13. The van der Waals surface area contributed by atoms with Crippen LogP contribution in [0.2, 0.25) is 0 Å². The van der Waals surface area contributed by atoms with Crippen LogP contribution in [0, 0.1) is 12.7 Å². The molecule has 8 nitrogen and oxygen atoms in total. The first kappa shape index (κ1) is 18.2. The Morgan fingerprint density at radius 3 is 2.67 bits per heavy atom. The summed E-state index contributed by atoms with van der Waals surface area (Å²) in [5, 5.41) is 18.5. The van der Waals surface area contributed by atoms with E-state index in [4.69, 9.17) is 0 Å². The number of fused-ring (bicyclic) bond motifs is 1. The molecule has 1 N–H and O–H groups in total. The highest BCUT2D eigenvalue weighted by Gasteiger charge is 2.27. The largest absolute Gasteiger partial charge is 0.318 e. The van der Waals surface area contributed by atoms with Crippen LogP contribution in [0.1, 0.15) is 34.0 Å². The first-order valence-corrected chi connectivity index (χ1v) is 9.64. The number of carbonyl (C=O) groups is 1. The quantitative estimate of drug-likeness (QED) is 0.566. The lowest BCUT2D eigenvalue weighted by Crippen LogP contribution is -2.16. The van der Waals surface area contributed by atoms with Crippen LogP contribution >= 0.6 is 0 Å². The van der Waals surface area contributed by atoms with Gasteiger partial charge in [-0.2, -0.15) is 9.78 Å². The van der Waals surface area contributed by atoms with Crippen molar-refractivity contribution in [1.29, 1.82) is 0 Å². The Labute approximate surface area is 171 Å². The van der Waals surface area contributed by atoms with Crippen LogP contribution in [-0.4, -0.2) is 35.9 Å². The highest BCUT2D eigenvalue weighted by molar-refractivity contribution is 6.04. The summed E-state index contributed by atoms with van der Waals surface area (Å²) in [5.74, 6) is -0.428. The first-order valence-electron chi connectivity index (χ1n) is 9.64. The maximum absolute atomic E-state index is 14.4. The Morgan fingerprint density at radius 1 is 1.07 bits per heavy atom. The molecule has 30 heavy (non-hydrogen) atoms. The van der Waals surface area contributed by atoms with Gasteiger partial charge >= 0.3 is 0 Å². The molecule has 4 aromatic rings. The van der Waals surface area contributed by atoms with E-state index in [2.05, 4.69) is 25.9 Å². The summed E-state index contributed by atoms with van der Waals surface area (Å²) < 4.78 is 17.7. The number of aromatic nitrogens is 6. The fraction of sp³-hybridized carbons (Fsp3) is 0.190. The van der Waals surface area contributed by atoms with Gasteiger partial charge in [0.15, 0.2) is 11.5 Å². The number of carbonyl (C=O) groups excluding carboxylic acids is 1. The summed E-state index contributed by atoms with van der Waals surface area (Å²) in [5.41, 5.74) is 3.78. The molecule has 0 radical (unpaired) electrons. The third-order valence-electron chi connectivity index (χ3n) is 5.21. The van der Waals surface area contributed by atoms with E-state index in [0.29, 0.717) is 17.2 Å². The summed E-state index contributed by atoms with van der Waals surface area (Å²) in [7, 11) is 0. The summed E-state index contributed by atoms with van der Waals surface area (Å²) in [6.45, 7) is 1.74. The van der Waals surface area contributed by atoms with E-state index < -0.39 is 11.7 Å². The molecular weight excluding hydrogens is 385 g/mol. The molecule has 1 amide bonds. The molecule has 1 aliphatic carbocycles. The molecule has 0 aliphatic heterocycles. The lowest BCUT2D eigenvalue weighted by molar-refractivity contribution is 0.102. The molecule has 0 bridgehead atoms. The van der Waals surface area contributed by atoms with Crippen molar-refractivity contribution in [2.45, 2.75) is 26.2 Å². The smallest absolute Gasteiger partial charge is 0.276 e. The Kier molecular flexibility index (Phi) is 4.35. The van der Waals surface area contributed by atoms with Crippen molar-refractivity contribution in [1.82, 2.24) is 30.0 Å². The average Bonchev–Trinajstić information content (AvgIpc) is 3.47. The molecule has 0 unspecified atom stereocenters. The third-order valence-corrected chi connectivity index (χ3v) is 5.21. The topological polar surface area (TPSA) is 90.5 Å². The number of anilines is 1. The van der Waals surface area contributed by atoms with E-state index in [1.165, 1.54) is 16.8 Å². The van der Waals surface area contributed by atoms with Gasteiger partial charge in [-0.15, -0.1) is 5.10 Å². The Hall–Kier alpha value is -3.88. The van der Waals surface area contributed by atoms with Gasteiger partial charge in [0, 0.05) is 11.3 Å². The zero-order valence-electron chi connectivity index (χ0n) is 16.2. The summed E-state index contributed by atoms with van der Waals surface area (Å²) in [6, 6.07) is 14.0. The standard InChI is InChI=1S/C21H18FN7O/c1-13-24-26-27-28(13)15-10-11-17(22)18(12-15)23-21(30)20-16-8-5-9-19(16)29(25-20)14-6-3-2-4-7-14/h2-4,6-7,10-12H,5,8-9H2,1H3,(H,23,30). The number of halogens is 1. The van der Waals surface area contributed by atoms with Gasteiger partial charge in [-0.25, -0.2) is 9.07 Å². The van der Waals surface area contributed by atoms with Crippen LogP contribution in [0.5, 0.6) is 0 Å². The van der Waals surface area contributed by atoms with Crippen molar-refractivity contribution in [2.75, 3.05) is 5.32 Å². The zero-order chi connectivity index (χ0) is 20.7. The van der Waals surface area contributed by atoms with Gasteiger partial charge in [0.1, 0.15) is 5.82 Å².